The SMILES string of the molecule is CC(C)(C)c1noc2nccnc12. The Labute approximate surface area is 76.0 Å². The highest BCUT2D eigenvalue weighted by atomic mass is 16.5. The average Bonchev–Trinajstić information content (AvgIpc) is 2.45. The Morgan fingerprint density at radius 3 is 2.54 bits per heavy atom. The molecule has 0 saturated heterocycles. The lowest BCUT2D eigenvalue weighted by Crippen LogP contribution is -2.12. The lowest BCUT2D eigenvalue weighted by Gasteiger charge is -2.13. The second-order valence-corrected chi connectivity index (χ2v) is 3.99. The Bertz CT molecular complexity index is 428. The van der Waals surface area contributed by atoms with Crippen LogP contribution in [0.5, 0.6) is 0 Å². The Morgan fingerprint density at radius 1 is 1.15 bits per heavy atom. The Morgan fingerprint density at radius 2 is 1.85 bits per heavy atom. The maximum Gasteiger partial charge on any atom is 0.276 e. The molecule has 2 heterocycles. The van der Waals surface area contributed by atoms with E-state index in [0.29, 0.717) is 5.71 Å². The largest absolute Gasteiger partial charge is 0.334 e. The smallest absolute Gasteiger partial charge is 0.276 e. The third-order valence-electron chi connectivity index (χ3n) is 1.82. The lowest BCUT2D eigenvalue weighted by atomic mass is 9.92. The van der Waals surface area contributed by atoms with E-state index in [-0.39, 0.29) is 5.41 Å². The van der Waals surface area contributed by atoms with Gasteiger partial charge >= 0.3 is 0 Å². The highest BCUT2D eigenvalue weighted by Crippen LogP contribution is 2.26. The van der Waals surface area contributed by atoms with Gasteiger partial charge in [0.15, 0.2) is 5.52 Å². The van der Waals surface area contributed by atoms with E-state index in [9.17, 15) is 0 Å². The third-order valence-corrected chi connectivity index (χ3v) is 1.82. The first-order valence-corrected chi connectivity index (χ1v) is 4.16. The van der Waals surface area contributed by atoms with Crippen LogP contribution in [0.2, 0.25) is 0 Å². The minimum atomic E-state index is -0.0543. The maximum absolute atomic E-state index is 5.05. The summed E-state index contributed by atoms with van der Waals surface area (Å²) in [5, 5.41) is 3.97. The first-order chi connectivity index (χ1) is 6.09. The Balaban J connectivity index is 2.72. The van der Waals surface area contributed by atoms with E-state index >= 15 is 0 Å². The quantitative estimate of drug-likeness (QED) is 0.616. The van der Waals surface area contributed by atoms with Crippen molar-refractivity contribution in [2.24, 2.45) is 0 Å². The molecule has 2 rings (SSSR count). The summed E-state index contributed by atoms with van der Waals surface area (Å²) in [6.07, 6.45) is 3.24. The molecule has 0 aliphatic heterocycles. The second-order valence-electron chi connectivity index (χ2n) is 3.99. The number of hydrogen-bond acceptors (Lipinski definition) is 4. The Kier molecular flexibility index (Phi) is 1.58. The van der Waals surface area contributed by atoms with Crippen molar-refractivity contribution in [1.29, 1.82) is 0 Å². The fraction of sp³-hybridized carbons (Fsp3) is 0.444. The molecular weight excluding hydrogens is 166 g/mol. The standard InChI is InChI=1S/C9H11N3O/c1-9(2,3)7-6-8(13-12-7)11-5-4-10-6/h4-5H,1-3H3. The van der Waals surface area contributed by atoms with Gasteiger partial charge in [0.05, 0.1) is 0 Å². The highest BCUT2D eigenvalue weighted by molar-refractivity contribution is 5.71. The van der Waals surface area contributed by atoms with E-state index in [4.69, 9.17) is 4.52 Å². The van der Waals surface area contributed by atoms with E-state index < -0.39 is 0 Å². The fourth-order valence-corrected chi connectivity index (χ4v) is 1.18. The molecule has 4 nitrogen and oxygen atoms in total. The molecule has 0 aromatic carbocycles. The molecule has 0 radical (unpaired) electrons. The molecule has 2 aromatic rings. The van der Waals surface area contributed by atoms with Crippen molar-refractivity contribution in [1.82, 2.24) is 15.1 Å². The summed E-state index contributed by atoms with van der Waals surface area (Å²) in [6.45, 7) is 6.21. The Hall–Kier alpha value is -1.45. The molecule has 0 fully saturated rings. The summed E-state index contributed by atoms with van der Waals surface area (Å²) < 4.78 is 5.05. The third kappa shape index (κ3) is 1.28. The van der Waals surface area contributed by atoms with Gasteiger partial charge in [-0.15, -0.1) is 0 Å². The van der Waals surface area contributed by atoms with Crippen LogP contribution in [0.1, 0.15) is 26.5 Å². The number of nitrogens with zero attached hydrogens (tertiary/aromatic N) is 3. The lowest BCUT2D eigenvalue weighted by molar-refractivity contribution is 0.414. The van der Waals surface area contributed by atoms with Crippen LogP contribution >= 0.6 is 0 Å². The van der Waals surface area contributed by atoms with Gasteiger partial charge in [0.2, 0.25) is 0 Å². The van der Waals surface area contributed by atoms with Gasteiger partial charge in [0, 0.05) is 17.8 Å². The van der Waals surface area contributed by atoms with Gasteiger partial charge in [0.25, 0.3) is 5.71 Å². The average molecular weight is 177 g/mol. The molecule has 4 heteroatoms. The van der Waals surface area contributed by atoms with E-state index in [1.165, 1.54) is 0 Å². The van der Waals surface area contributed by atoms with E-state index in [0.717, 1.165) is 11.2 Å². The summed E-state index contributed by atoms with van der Waals surface area (Å²) in [5.41, 5.74) is 2.07. The minimum absolute atomic E-state index is 0.0543. The van der Waals surface area contributed by atoms with Crippen LogP contribution in [-0.4, -0.2) is 15.1 Å². The second kappa shape index (κ2) is 2.52. The van der Waals surface area contributed by atoms with Crippen molar-refractivity contribution >= 4 is 11.2 Å². The topological polar surface area (TPSA) is 51.8 Å². The predicted molar refractivity (Wildman–Crippen MR) is 48.3 cm³/mol. The van der Waals surface area contributed by atoms with E-state index in [1.54, 1.807) is 12.4 Å². The van der Waals surface area contributed by atoms with Crippen LogP contribution in [0, 0.1) is 0 Å². The van der Waals surface area contributed by atoms with Crippen LogP contribution in [0.25, 0.3) is 11.2 Å². The molecule has 0 atom stereocenters. The zero-order valence-corrected chi connectivity index (χ0v) is 7.90. The van der Waals surface area contributed by atoms with Gasteiger partial charge in [-0.05, 0) is 0 Å². The van der Waals surface area contributed by atoms with Gasteiger partial charge in [-0.1, -0.05) is 25.9 Å². The van der Waals surface area contributed by atoms with Crippen LogP contribution < -0.4 is 0 Å². The minimum Gasteiger partial charge on any atom is -0.334 e. The summed E-state index contributed by atoms with van der Waals surface area (Å²) in [4.78, 5) is 8.21. The molecule has 0 unspecified atom stereocenters. The van der Waals surface area contributed by atoms with Crippen molar-refractivity contribution in [3.8, 4) is 0 Å². The molecule has 2 aromatic heterocycles. The van der Waals surface area contributed by atoms with Crippen LogP contribution in [0.3, 0.4) is 0 Å². The van der Waals surface area contributed by atoms with Gasteiger partial charge in [0.1, 0.15) is 5.69 Å². The number of aromatic nitrogens is 3. The molecule has 68 valence electrons. The van der Waals surface area contributed by atoms with Crippen molar-refractivity contribution in [3.63, 3.8) is 0 Å². The number of hydrogen-bond donors (Lipinski definition) is 0. The first kappa shape index (κ1) is 8.16. The van der Waals surface area contributed by atoms with Crippen molar-refractivity contribution in [2.75, 3.05) is 0 Å². The van der Waals surface area contributed by atoms with Gasteiger partial charge in [-0.2, -0.15) is 0 Å². The van der Waals surface area contributed by atoms with Gasteiger partial charge in [-0.3, -0.25) is 0 Å². The van der Waals surface area contributed by atoms with Crippen molar-refractivity contribution in [2.45, 2.75) is 26.2 Å². The predicted octanol–water partition coefficient (Wildman–Crippen LogP) is 1.92. The zero-order chi connectivity index (χ0) is 9.47. The highest BCUT2D eigenvalue weighted by Gasteiger charge is 2.22. The van der Waals surface area contributed by atoms with Gasteiger partial charge < -0.3 is 4.52 Å². The van der Waals surface area contributed by atoms with Crippen LogP contribution in [0.4, 0.5) is 0 Å². The van der Waals surface area contributed by atoms with Crippen molar-refractivity contribution < 1.29 is 4.52 Å². The number of fused-ring (bicyclic) bond motifs is 1. The fourth-order valence-electron chi connectivity index (χ4n) is 1.18. The molecule has 0 spiro atoms. The van der Waals surface area contributed by atoms with Crippen molar-refractivity contribution in [3.05, 3.63) is 18.1 Å². The van der Waals surface area contributed by atoms with E-state index in [1.807, 2.05) is 0 Å². The molecule has 0 amide bonds. The van der Waals surface area contributed by atoms with Crippen LogP contribution in [-0.2, 0) is 5.41 Å². The van der Waals surface area contributed by atoms with Gasteiger partial charge in [-0.25, -0.2) is 9.97 Å². The molecule has 13 heavy (non-hydrogen) atoms. The molecule has 0 bridgehead atoms. The molecular formula is C9H11N3O. The van der Waals surface area contributed by atoms with Crippen LogP contribution in [0.15, 0.2) is 16.9 Å². The first-order valence-electron chi connectivity index (χ1n) is 4.16. The summed E-state index contributed by atoms with van der Waals surface area (Å²) in [6, 6.07) is 0. The summed E-state index contributed by atoms with van der Waals surface area (Å²) >= 11 is 0. The summed E-state index contributed by atoms with van der Waals surface area (Å²) in [5.74, 6) is 0. The van der Waals surface area contributed by atoms with E-state index in [2.05, 4.69) is 35.9 Å². The monoisotopic (exact) mass is 177 g/mol. The number of rotatable bonds is 0. The summed E-state index contributed by atoms with van der Waals surface area (Å²) in [7, 11) is 0. The zero-order valence-electron chi connectivity index (χ0n) is 7.90. The molecule has 0 aliphatic carbocycles. The molecule has 0 N–H and O–H groups in total. The maximum atomic E-state index is 5.05. The molecule has 0 saturated carbocycles. The molecule has 0 aliphatic rings. The normalized spacial score (nSPS) is 12.2.